The Labute approximate surface area is 116 Å². The molecule has 0 fully saturated rings. The lowest BCUT2D eigenvalue weighted by atomic mass is 10.2. The van der Waals surface area contributed by atoms with E-state index in [4.69, 9.17) is 0 Å². The Hall–Kier alpha value is -2.40. The number of carbonyl (C=O) groups is 1. The fourth-order valence-electron chi connectivity index (χ4n) is 1.31. The number of carbonyl (C=O) groups excluding carboxylic acids is 1. The highest BCUT2D eigenvalue weighted by Crippen LogP contribution is 2.22. The highest BCUT2D eigenvalue weighted by atomic mass is 32.2. The lowest BCUT2D eigenvalue weighted by molar-refractivity contribution is -0.385. The van der Waals surface area contributed by atoms with Crippen LogP contribution in [0.25, 0.3) is 0 Å². The Bertz CT molecular complexity index is 713. The van der Waals surface area contributed by atoms with Crippen molar-refractivity contribution in [3.8, 4) is 11.8 Å². The summed E-state index contributed by atoms with van der Waals surface area (Å²) in [6.07, 6.45) is 0.966. The summed E-state index contributed by atoms with van der Waals surface area (Å²) in [5.41, 5.74) is -0.295. The zero-order valence-electron chi connectivity index (χ0n) is 10.8. The summed E-state index contributed by atoms with van der Waals surface area (Å²) in [4.78, 5) is 20.7. The van der Waals surface area contributed by atoms with Crippen LogP contribution in [0.1, 0.15) is 12.5 Å². The van der Waals surface area contributed by atoms with Crippen molar-refractivity contribution in [1.82, 2.24) is 5.32 Å². The van der Waals surface area contributed by atoms with Crippen molar-refractivity contribution < 1.29 is 18.1 Å². The van der Waals surface area contributed by atoms with Crippen molar-refractivity contribution in [2.24, 2.45) is 0 Å². The molecule has 8 heteroatoms. The van der Waals surface area contributed by atoms with Crippen LogP contribution in [0.4, 0.5) is 5.69 Å². The van der Waals surface area contributed by atoms with Gasteiger partial charge in [-0.25, -0.2) is 8.42 Å². The molecule has 1 aromatic rings. The average molecular weight is 296 g/mol. The number of amides is 1. The molecule has 0 spiro atoms. The summed E-state index contributed by atoms with van der Waals surface area (Å²) < 4.78 is 22.7. The largest absolute Gasteiger partial charge is 0.345 e. The van der Waals surface area contributed by atoms with Crippen molar-refractivity contribution in [2.45, 2.75) is 11.8 Å². The van der Waals surface area contributed by atoms with Crippen molar-refractivity contribution in [1.29, 1.82) is 0 Å². The summed E-state index contributed by atoms with van der Waals surface area (Å²) in [5, 5.41) is 13.3. The van der Waals surface area contributed by atoms with Crippen molar-refractivity contribution in [3.05, 3.63) is 33.9 Å². The molecule has 0 bridgehead atoms. The van der Waals surface area contributed by atoms with Gasteiger partial charge >= 0.3 is 0 Å². The third-order valence-electron chi connectivity index (χ3n) is 2.24. The van der Waals surface area contributed by atoms with Gasteiger partial charge in [-0.3, -0.25) is 14.9 Å². The summed E-state index contributed by atoms with van der Waals surface area (Å²) in [6, 6.07) is 3.50. The minimum Gasteiger partial charge on any atom is -0.345 e. The first kappa shape index (κ1) is 15.7. The maximum atomic E-state index is 11.3. The number of hydrogen-bond acceptors (Lipinski definition) is 5. The van der Waals surface area contributed by atoms with Crippen LogP contribution in [0.2, 0.25) is 0 Å². The molecule has 106 valence electrons. The van der Waals surface area contributed by atoms with Gasteiger partial charge in [-0.05, 0) is 12.1 Å². The number of benzene rings is 1. The van der Waals surface area contributed by atoms with Crippen LogP contribution < -0.4 is 5.32 Å². The van der Waals surface area contributed by atoms with Gasteiger partial charge in [0.25, 0.3) is 5.69 Å². The third-order valence-corrected chi connectivity index (χ3v) is 3.35. The van der Waals surface area contributed by atoms with Gasteiger partial charge in [0.1, 0.15) is 5.56 Å². The van der Waals surface area contributed by atoms with E-state index in [0.29, 0.717) is 0 Å². The van der Waals surface area contributed by atoms with Gasteiger partial charge < -0.3 is 5.32 Å². The SMILES string of the molecule is CC(=O)NCC#Cc1ccc(S(C)(=O)=O)cc1[N+](=O)[O-]. The Kier molecular flexibility index (Phi) is 4.83. The molecule has 0 aromatic heterocycles. The van der Waals surface area contributed by atoms with Crippen LogP contribution in [-0.2, 0) is 14.6 Å². The Morgan fingerprint density at radius 2 is 2.10 bits per heavy atom. The Balaban J connectivity index is 3.15. The molecule has 0 saturated carbocycles. The van der Waals surface area contributed by atoms with Crippen LogP contribution in [0.5, 0.6) is 0 Å². The number of nitro groups is 1. The molecule has 1 aromatic carbocycles. The molecule has 0 aliphatic rings. The molecule has 0 aliphatic heterocycles. The lowest BCUT2D eigenvalue weighted by Crippen LogP contribution is -2.19. The summed E-state index contributed by atoms with van der Waals surface area (Å²) in [6.45, 7) is 1.38. The number of hydrogen-bond donors (Lipinski definition) is 1. The monoisotopic (exact) mass is 296 g/mol. The van der Waals surface area contributed by atoms with E-state index in [9.17, 15) is 23.3 Å². The highest BCUT2D eigenvalue weighted by molar-refractivity contribution is 7.90. The second-order valence-corrected chi connectivity index (χ2v) is 5.94. The standard InChI is InChI=1S/C12H12N2O5S/c1-9(15)13-7-3-4-10-5-6-11(20(2,18)19)8-12(10)14(16)17/h5-6,8H,7H2,1-2H3,(H,13,15). The average Bonchev–Trinajstić information content (AvgIpc) is 2.33. The van der Waals surface area contributed by atoms with Gasteiger partial charge in [0, 0.05) is 19.2 Å². The second kappa shape index (κ2) is 6.16. The topological polar surface area (TPSA) is 106 Å². The minimum absolute atomic E-state index is 0.0559. The minimum atomic E-state index is -3.52. The molecule has 7 nitrogen and oxygen atoms in total. The van der Waals surface area contributed by atoms with Crippen molar-refractivity contribution >= 4 is 21.4 Å². The third kappa shape index (κ3) is 4.37. The van der Waals surface area contributed by atoms with E-state index < -0.39 is 14.8 Å². The first-order valence-corrected chi connectivity index (χ1v) is 7.33. The summed E-state index contributed by atoms with van der Waals surface area (Å²) in [7, 11) is -3.52. The van der Waals surface area contributed by atoms with Gasteiger partial charge in [0.15, 0.2) is 9.84 Å². The fraction of sp³-hybridized carbons (Fsp3) is 0.250. The van der Waals surface area contributed by atoms with E-state index in [-0.39, 0.29) is 28.6 Å². The molecule has 1 amide bonds. The van der Waals surface area contributed by atoms with Crippen LogP contribution in [0, 0.1) is 22.0 Å². The maximum absolute atomic E-state index is 11.3. The predicted molar refractivity (Wildman–Crippen MR) is 71.8 cm³/mol. The van der Waals surface area contributed by atoms with Gasteiger partial charge in [-0.15, -0.1) is 0 Å². The van der Waals surface area contributed by atoms with Gasteiger partial charge in [0.05, 0.1) is 16.4 Å². The predicted octanol–water partition coefficient (Wildman–Crippen LogP) is 0.486. The number of nitrogens with one attached hydrogen (secondary N) is 1. The molecule has 20 heavy (non-hydrogen) atoms. The van der Waals surface area contributed by atoms with E-state index in [0.717, 1.165) is 12.3 Å². The molecule has 1 rings (SSSR count). The molecular weight excluding hydrogens is 284 g/mol. The molecular formula is C12H12N2O5S. The first-order chi connectivity index (χ1) is 9.21. The van der Waals surface area contributed by atoms with Crippen molar-refractivity contribution in [2.75, 3.05) is 12.8 Å². The van der Waals surface area contributed by atoms with Crippen LogP contribution >= 0.6 is 0 Å². The Morgan fingerprint density at radius 1 is 1.45 bits per heavy atom. The highest BCUT2D eigenvalue weighted by Gasteiger charge is 2.17. The summed E-state index contributed by atoms with van der Waals surface area (Å²) >= 11 is 0. The maximum Gasteiger partial charge on any atom is 0.286 e. The molecule has 1 N–H and O–H groups in total. The van der Waals surface area contributed by atoms with Gasteiger partial charge in [-0.1, -0.05) is 11.8 Å². The molecule has 0 saturated heterocycles. The second-order valence-electron chi connectivity index (χ2n) is 3.92. The zero-order valence-corrected chi connectivity index (χ0v) is 11.7. The van der Waals surface area contributed by atoms with E-state index in [2.05, 4.69) is 17.2 Å². The first-order valence-electron chi connectivity index (χ1n) is 5.43. The smallest absolute Gasteiger partial charge is 0.286 e. The molecule has 0 heterocycles. The van der Waals surface area contributed by atoms with Crippen LogP contribution in [-0.4, -0.2) is 32.0 Å². The van der Waals surface area contributed by atoms with E-state index >= 15 is 0 Å². The van der Waals surface area contributed by atoms with Gasteiger partial charge in [-0.2, -0.15) is 0 Å². The Morgan fingerprint density at radius 3 is 2.60 bits per heavy atom. The van der Waals surface area contributed by atoms with Crippen LogP contribution in [0.15, 0.2) is 23.1 Å². The lowest BCUT2D eigenvalue weighted by Gasteiger charge is -2.00. The number of sulfone groups is 1. The van der Waals surface area contributed by atoms with E-state index in [1.807, 2.05) is 0 Å². The molecule has 0 unspecified atom stereocenters. The zero-order chi connectivity index (χ0) is 15.3. The number of nitrogens with zero attached hydrogens (tertiary/aromatic N) is 1. The van der Waals surface area contributed by atoms with Gasteiger partial charge in [0.2, 0.25) is 5.91 Å². The fourth-order valence-corrected chi connectivity index (χ4v) is 1.95. The summed E-state index contributed by atoms with van der Waals surface area (Å²) in [5.74, 6) is 4.82. The van der Waals surface area contributed by atoms with E-state index in [1.165, 1.54) is 19.1 Å². The van der Waals surface area contributed by atoms with E-state index in [1.54, 1.807) is 0 Å². The quantitative estimate of drug-likeness (QED) is 0.496. The molecule has 0 aliphatic carbocycles. The molecule has 0 radical (unpaired) electrons. The number of rotatable bonds is 3. The molecule has 0 atom stereocenters. The van der Waals surface area contributed by atoms with Crippen LogP contribution in [0.3, 0.4) is 0 Å². The normalized spacial score (nSPS) is 10.3. The van der Waals surface area contributed by atoms with Crippen molar-refractivity contribution in [3.63, 3.8) is 0 Å². The number of nitro benzene ring substituents is 1.